The molecule has 2 N–H and O–H groups in total. The maximum absolute atomic E-state index is 12.9. The molecule has 2 aliphatic heterocycles. The molecule has 10 atom stereocenters. The van der Waals surface area contributed by atoms with Crippen LogP contribution < -0.4 is 0 Å². The molecule has 0 unspecified atom stereocenters. The Bertz CT molecular complexity index is 945. The second kappa shape index (κ2) is 12.9. The first-order chi connectivity index (χ1) is 18.7. The first kappa shape index (κ1) is 32.5. The van der Waals surface area contributed by atoms with E-state index in [4.69, 9.17) is 23.8 Å². The summed E-state index contributed by atoms with van der Waals surface area (Å²) in [7, 11) is 0. The molecule has 1 saturated carbocycles. The van der Waals surface area contributed by atoms with Gasteiger partial charge in [0.05, 0.1) is 6.10 Å². The van der Waals surface area contributed by atoms with Gasteiger partial charge in [0.15, 0.2) is 6.10 Å². The van der Waals surface area contributed by atoms with Gasteiger partial charge in [0, 0.05) is 37.5 Å². The Morgan fingerprint density at radius 2 is 1.73 bits per heavy atom. The van der Waals surface area contributed by atoms with E-state index < -0.39 is 71.4 Å². The van der Waals surface area contributed by atoms with E-state index in [-0.39, 0.29) is 31.1 Å². The van der Waals surface area contributed by atoms with Crippen molar-refractivity contribution in [3.05, 3.63) is 12.2 Å². The summed E-state index contributed by atoms with van der Waals surface area (Å²) in [6.07, 6.45) is -1.63. The number of fused-ring (bicyclic) bond motifs is 5. The van der Waals surface area contributed by atoms with E-state index in [0.29, 0.717) is 31.3 Å². The van der Waals surface area contributed by atoms with Crippen LogP contribution in [0.25, 0.3) is 0 Å². The lowest BCUT2D eigenvalue weighted by molar-refractivity contribution is -0.273. The Balaban J connectivity index is 2.21. The predicted molar refractivity (Wildman–Crippen MR) is 145 cm³/mol. The van der Waals surface area contributed by atoms with E-state index in [0.717, 1.165) is 0 Å². The third-order valence-electron chi connectivity index (χ3n) is 9.00. The van der Waals surface area contributed by atoms with Crippen molar-refractivity contribution in [2.24, 2.45) is 23.7 Å². The second-order valence-electron chi connectivity index (χ2n) is 12.5. The molecular weight excluding hydrogens is 520 g/mol. The lowest BCUT2D eigenvalue weighted by atomic mass is 9.55. The Morgan fingerprint density at radius 1 is 1.10 bits per heavy atom. The van der Waals surface area contributed by atoms with Crippen molar-refractivity contribution in [2.75, 3.05) is 0 Å². The van der Waals surface area contributed by atoms with E-state index >= 15 is 0 Å². The molecule has 10 heteroatoms. The minimum atomic E-state index is -1.68. The van der Waals surface area contributed by atoms with Gasteiger partial charge in [0.2, 0.25) is 0 Å². The molecule has 0 aromatic rings. The van der Waals surface area contributed by atoms with Gasteiger partial charge in [-0.05, 0) is 57.4 Å². The van der Waals surface area contributed by atoms with E-state index in [1.54, 1.807) is 6.92 Å². The van der Waals surface area contributed by atoms with Crippen molar-refractivity contribution in [3.8, 4) is 0 Å². The molecule has 10 nitrogen and oxygen atoms in total. The topological polar surface area (TPSA) is 138 Å². The van der Waals surface area contributed by atoms with Crippen molar-refractivity contribution in [3.63, 3.8) is 0 Å². The Morgan fingerprint density at radius 3 is 2.27 bits per heavy atom. The summed E-state index contributed by atoms with van der Waals surface area (Å²) in [4.78, 5) is 42.8. The standard InChI is InChI=1S/C30H48O10/c1-9-11-21(32)38-26-23(16(3)4)24-25(30(8,34)28(26)36-18(6)31)20-15-17(5)19(40-35)13-14-29(7,27(24)37-20)39-22(33)12-10-2/h16,19-20,23-28,34-35H,5,9-15H2,1-4,6-8H3/t19-,20+,23+,24+,25+,26-,27+,28+,29+,30-/m0/s1. The highest BCUT2D eigenvalue weighted by Gasteiger charge is 2.69. The fourth-order valence-corrected chi connectivity index (χ4v) is 7.33. The van der Waals surface area contributed by atoms with Gasteiger partial charge < -0.3 is 24.1 Å². The van der Waals surface area contributed by atoms with Crippen LogP contribution in [0.5, 0.6) is 0 Å². The smallest absolute Gasteiger partial charge is 0.306 e. The average molecular weight is 569 g/mol. The summed E-state index contributed by atoms with van der Waals surface area (Å²) >= 11 is 0. The minimum Gasteiger partial charge on any atom is -0.458 e. The van der Waals surface area contributed by atoms with Crippen molar-refractivity contribution >= 4 is 17.9 Å². The highest BCUT2D eigenvalue weighted by Crippen LogP contribution is 2.58. The molecule has 0 amide bonds. The normalized spacial score (nSPS) is 39.5. The van der Waals surface area contributed by atoms with Crippen LogP contribution in [0.3, 0.4) is 0 Å². The van der Waals surface area contributed by atoms with Crippen LogP contribution in [-0.2, 0) is 38.2 Å². The number of aliphatic hydroxyl groups is 1. The van der Waals surface area contributed by atoms with Gasteiger partial charge in [0.25, 0.3) is 0 Å². The zero-order chi connectivity index (χ0) is 30.0. The fraction of sp³-hybridized carbons (Fsp3) is 0.833. The Kier molecular flexibility index (Phi) is 10.5. The predicted octanol–water partition coefficient (Wildman–Crippen LogP) is 4.37. The second-order valence-corrected chi connectivity index (χ2v) is 12.5. The highest BCUT2D eigenvalue weighted by atomic mass is 17.1. The number of rotatable bonds is 9. The number of carbonyl (C=O) groups excluding carboxylic acids is 3. The maximum Gasteiger partial charge on any atom is 0.306 e. The van der Waals surface area contributed by atoms with Crippen molar-refractivity contribution < 1.29 is 48.6 Å². The third kappa shape index (κ3) is 6.40. The quantitative estimate of drug-likeness (QED) is 0.136. The van der Waals surface area contributed by atoms with Crippen molar-refractivity contribution in [1.82, 2.24) is 0 Å². The summed E-state index contributed by atoms with van der Waals surface area (Å²) in [5, 5.41) is 21.9. The molecule has 0 spiro atoms. The van der Waals surface area contributed by atoms with Crippen LogP contribution in [-0.4, -0.2) is 70.0 Å². The summed E-state index contributed by atoms with van der Waals surface area (Å²) in [5.74, 6) is -2.92. The van der Waals surface area contributed by atoms with Crippen LogP contribution in [0.4, 0.5) is 0 Å². The zero-order valence-corrected chi connectivity index (χ0v) is 25.0. The summed E-state index contributed by atoms with van der Waals surface area (Å²) in [6, 6.07) is 0. The first-order valence-electron chi connectivity index (χ1n) is 14.7. The maximum atomic E-state index is 12.9. The van der Waals surface area contributed by atoms with E-state index in [9.17, 15) is 24.7 Å². The lowest BCUT2D eigenvalue weighted by Crippen LogP contribution is -2.68. The molecule has 0 aromatic carbocycles. The molecule has 2 heterocycles. The van der Waals surface area contributed by atoms with Crippen LogP contribution in [0, 0.1) is 23.7 Å². The van der Waals surface area contributed by atoms with Gasteiger partial charge in [0.1, 0.15) is 29.5 Å². The van der Waals surface area contributed by atoms with Crippen molar-refractivity contribution in [1.29, 1.82) is 0 Å². The SMILES string of the molecule is C=C1C[C@H]2O[C@H]([C@@H]3[C@@H](C(C)C)[C@H](OC(=O)CCC)[C@@H](OC(C)=O)[C@@](C)(O)[C@@H]32)[C@](C)(OC(=O)CCC)CC[C@@H]1OO. The molecule has 1 aliphatic carbocycles. The monoisotopic (exact) mass is 568 g/mol. The molecular formula is C30H48O10. The van der Waals surface area contributed by atoms with E-state index in [2.05, 4.69) is 6.58 Å². The van der Waals surface area contributed by atoms with Gasteiger partial charge in [-0.25, -0.2) is 4.89 Å². The third-order valence-corrected chi connectivity index (χ3v) is 9.00. The molecule has 228 valence electrons. The van der Waals surface area contributed by atoms with Gasteiger partial charge in [-0.15, -0.1) is 0 Å². The van der Waals surface area contributed by atoms with Crippen LogP contribution in [0.15, 0.2) is 12.2 Å². The Hall–Kier alpha value is -2.01. The van der Waals surface area contributed by atoms with Crippen LogP contribution in [0.1, 0.15) is 93.4 Å². The Labute approximate surface area is 237 Å². The van der Waals surface area contributed by atoms with Crippen molar-refractivity contribution in [2.45, 2.75) is 135 Å². The van der Waals surface area contributed by atoms with Gasteiger partial charge in [-0.1, -0.05) is 34.3 Å². The first-order valence-corrected chi connectivity index (χ1v) is 14.7. The van der Waals surface area contributed by atoms with E-state index in [1.165, 1.54) is 6.92 Å². The van der Waals surface area contributed by atoms with E-state index in [1.807, 2.05) is 34.6 Å². The molecule has 3 fully saturated rings. The molecule has 0 aromatic heterocycles. The zero-order valence-electron chi connectivity index (χ0n) is 25.0. The molecule has 0 radical (unpaired) electrons. The van der Waals surface area contributed by atoms with Gasteiger partial charge in [-0.3, -0.25) is 19.6 Å². The summed E-state index contributed by atoms with van der Waals surface area (Å²) < 4.78 is 24.7. The fourth-order valence-electron chi connectivity index (χ4n) is 7.33. The summed E-state index contributed by atoms with van der Waals surface area (Å²) in [5.41, 5.74) is -2.25. The minimum absolute atomic E-state index is 0.0822. The van der Waals surface area contributed by atoms with Gasteiger partial charge >= 0.3 is 17.9 Å². The molecule has 40 heavy (non-hydrogen) atoms. The highest BCUT2D eigenvalue weighted by molar-refractivity contribution is 5.70. The number of hydrogen-bond donors (Lipinski definition) is 2. The molecule has 2 saturated heterocycles. The van der Waals surface area contributed by atoms with Gasteiger partial charge in [-0.2, -0.15) is 0 Å². The largest absolute Gasteiger partial charge is 0.458 e. The molecule has 3 aliphatic rings. The number of esters is 3. The number of ether oxygens (including phenoxy) is 4. The number of carbonyl (C=O) groups is 3. The molecule has 2 bridgehead atoms. The number of hydrogen-bond acceptors (Lipinski definition) is 10. The summed E-state index contributed by atoms with van der Waals surface area (Å²) in [6.45, 7) is 16.6. The average Bonchev–Trinajstić information content (AvgIpc) is 3.23. The lowest BCUT2D eigenvalue weighted by Gasteiger charge is -2.55. The van der Waals surface area contributed by atoms with Crippen LogP contribution in [0.2, 0.25) is 0 Å². The van der Waals surface area contributed by atoms with Crippen LogP contribution >= 0.6 is 0 Å². The molecule has 3 rings (SSSR count).